The average molecular weight is 126 g/mol. The maximum absolute atomic E-state index is 5.21. The van der Waals surface area contributed by atoms with Crippen molar-refractivity contribution in [2.24, 2.45) is 11.3 Å². The second kappa shape index (κ2) is 1.72. The molecule has 1 spiro atoms. The molecule has 1 aliphatic carbocycles. The zero-order valence-corrected chi connectivity index (χ0v) is 6.02. The van der Waals surface area contributed by atoms with Crippen LogP contribution in [0.15, 0.2) is 0 Å². The summed E-state index contributed by atoms with van der Waals surface area (Å²) in [6, 6.07) is 0. The fourth-order valence-corrected chi connectivity index (χ4v) is 2.14. The smallest absolute Gasteiger partial charge is 0.0547 e. The molecule has 0 bridgehead atoms. The Morgan fingerprint density at radius 1 is 1.56 bits per heavy atom. The van der Waals surface area contributed by atoms with E-state index in [1.165, 1.54) is 19.3 Å². The van der Waals surface area contributed by atoms with E-state index in [4.69, 9.17) is 4.74 Å². The van der Waals surface area contributed by atoms with Gasteiger partial charge in [-0.25, -0.2) is 0 Å². The Bertz CT molecular complexity index is 108. The number of rotatable bonds is 1. The highest BCUT2D eigenvalue weighted by atomic mass is 16.5. The first-order valence-electron chi connectivity index (χ1n) is 3.95. The molecule has 0 N–H and O–H groups in total. The van der Waals surface area contributed by atoms with Crippen LogP contribution < -0.4 is 0 Å². The number of hydrogen-bond acceptors (Lipinski definition) is 1. The van der Waals surface area contributed by atoms with Crippen LogP contribution in [0.2, 0.25) is 0 Å². The Morgan fingerprint density at radius 3 is 2.44 bits per heavy atom. The van der Waals surface area contributed by atoms with E-state index in [-0.39, 0.29) is 0 Å². The molecule has 2 fully saturated rings. The summed E-state index contributed by atoms with van der Waals surface area (Å²) in [4.78, 5) is 0. The van der Waals surface area contributed by atoms with E-state index in [1.807, 2.05) is 0 Å². The van der Waals surface area contributed by atoms with Gasteiger partial charge in [0.05, 0.1) is 13.2 Å². The van der Waals surface area contributed by atoms with Gasteiger partial charge in [-0.05, 0) is 18.8 Å². The van der Waals surface area contributed by atoms with E-state index in [2.05, 4.69) is 6.92 Å². The molecule has 1 heterocycles. The van der Waals surface area contributed by atoms with Crippen molar-refractivity contribution in [2.45, 2.75) is 26.2 Å². The first kappa shape index (κ1) is 5.72. The van der Waals surface area contributed by atoms with Gasteiger partial charge in [0.15, 0.2) is 0 Å². The molecule has 1 saturated heterocycles. The Hall–Kier alpha value is -0.0400. The standard InChI is InChI=1S/C8H14O/c1-2-7-3-4-8(7)5-9-6-8/h7H,2-6H2,1H3. The topological polar surface area (TPSA) is 9.23 Å². The molecule has 2 rings (SSSR count). The predicted molar refractivity (Wildman–Crippen MR) is 36.3 cm³/mol. The minimum atomic E-state index is 0.689. The molecule has 0 aromatic heterocycles. The van der Waals surface area contributed by atoms with Crippen molar-refractivity contribution in [1.29, 1.82) is 0 Å². The van der Waals surface area contributed by atoms with Gasteiger partial charge < -0.3 is 4.74 Å². The summed E-state index contributed by atoms with van der Waals surface area (Å²) < 4.78 is 5.21. The molecule has 1 unspecified atom stereocenters. The maximum Gasteiger partial charge on any atom is 0.0547 e. The van der Waals surface area contributed by atoms with Crippen LogP contribution in [0.3, 0.4) is 0 Å². The molecule has 1 saturated carbocycles. The Morgan fingerprint density at radius 2 is 2.33 bits per heavy atom. The van der Waals surface area contributed by atoms with Crippen LogP contribution in [0.5, 0.6) is 0 Å². The van der Waals surface area contributed by atoms with Crippen molar-refractivity contribution in [3.8, 4) is 0 Å². The molecule has 0 aromatic carbocycles. The fourth-order valence-electron chi connectivity index (χ4n) is 2.14. The van der Waals surface area contributed by atoms with Crippen molar-refractivity contribution < 1.29 is 4.74 Å². The largest absolute Gasteiger partial charge is 0.380 e. The highest BCUT2D eigenvalue weighted by molar-refractivity contribution is 4.99. The summed E-state index contributed by atoms with van der Waals surface area (Å²) in [5, 5.41) is 0. The van der Waals surface area contributed by atoms with Crippen LogP contribution >= 0.6 is 0 Å². The fraction of sp³-hybridized carbons (Fsp3) is 1.00. The van der Waals surface area contributed by atoms with E-state index >= 15 is 0 Å². The highest BCUT2D eigenvalue weighted by Crippen LogP contribution is 2.53. The third-order valence-corrected chi connectivity index (χ3v) is 3.13. The summed E-state index contributed by atoms with van der Waals surface area (Å²) >= 11 is 0. The van der Waals surface area contributed by atoms with Crippen molar-refractivity contribution in [3.05, 3.63) is 0 Å². The third kappa shape index (κ3) is 0.586. The van der Waals surface area contributed by atoms with Crippen molar-refractivity contribution in [2.75, 3.05) is 13.2 Å². The zero-order chi connectivity index (χ0) is 6.32. The van der Waals surface area contributed by atoms with Crippen molar-refractivity contribution >= 4 is 0 Å². The minimum Gasteiger partial charge on any atom is -0.380 e. The summed E-state index contributed by atoms with van der Waals surface area (Å²) in [7, 11) is 0. The molecular weight excluding hydrogens is 112 g/mol. The lowest BCUT2D eigenvalue weighted by molar-refractivity contribution is -0.195. The first-order chi connectivity index (χ1) is 4.37. The van der Waals surface area contributed by atoms with Crippen LogP contribution in [0.25, 0.3) is 0 Å². The quantitative estimate of drug-likeness (QED) is 0.520. The highest BCUT2D eigenvalue weighted by Gasteiger charge is 2.50. The molecule has 1 heteroatoms. The lowest BCUT2D eigenvalue weighted by Crippen LogP contribution is -2.54. The number of hydrogen-bond donors (Lipinski definition) is 0. The van der Waals surface area contributed by atoms with Crippen LogP contribution in [-0.4, -0.2) is 13.2 Å². The van der Waals surface area contributed by atoms with Crippen molar-refractivity contribution in [1.82, 2.24) is 0 Å². The third-order valence-electron chi connectivity index (χ3n) is 3.13. The van der Waals surface area contributed by atoms with Gasteiger partial charge in [-0.15, -0.1) is 0 Å². The van der Waals surface area contributed by atoms with E-state index in [1.54, 1.807) is 0 Å². The molecule has 1 nitrogen and oxygen atoms in total. The van der Waals surface area contributed by atoms with Crippen molar-refractivity contribution in [3.63, 3.8) is 0 Å². The molecule has 52 valence electrons. The molecule has 0 radical (unpaired) electrons. The summed E-state index contributed by atoms with van der Waals surface area (Å²) in [5.74, 6) is 1.01. The maximum atomic E-state index is 5.21. The number of ether oxygens (including phenoxy) is 1. The summed E-state index contributed by atoms with van der Waals surface area (Å²) in [6.45, 7) is 4.42. The molecule has 0 amide bonds. The molecule has 2 aliphatic rings. The SMILES string of the molecule is CCC1CCC12COC2. The molecule has 9 heavy (non-hydrogen) atoms. The van der Waals surface area contributed by atoms with Gasteiger partial charge in [-0.3, -0.25) is 0 Å². The van der Waals surface area contributed by atoms with E-state index in [0.29, 0.717) is 5.41 Å². The van der Waals surface area contributed by atoms with Gasteiger partial charge >= 0.3 is 0 Å². The van der Waals surface area contributed by atoms with E-state index < -0.39 is 0 Å². The van der Waals surface area contributed by atoms with Gasteiger partial charge in [0.25, 0.3) is 0 Å². The van der Waals surface area contributed by atoms with Crippen LogP contribution in [0.4, 0.5) is 0 Å². The summed E-state index contributed by atoms with van der Waals surface area (Å²) in [6.07, 6.45) is 4.26. The zero-order valence-electron chi connectivity index (χ0n) is 6.02. The Kier molecular flexibility index (Phi) is 1.10. The first-order valence-corrected chi connectivity index (χ1v) is 3.95. The second-order valence-electron chi connectivity index (χ2n) is 3.50. The van der Waals surface area contributed by atoms with Crippen LogP contribution in [0, 0.1) is 11.3 Å². The molecule has 1 aliphatic heterocycles. The molecule has 1 atom stereocenters. The summed E-state index contributed by atoms with van der Waals surface area (Å²) in [5.41, 5.74) is 0.689. The van der Waals surface area contributed by atoms with Gasteiger partial charge in [-0.1, -0.05) is 13.3 Å². The predicted octanol–water partition coefficient (Wildman–Crippen LogP) is 1.82. The van der Waals surface area contributed by atoms with E-state index in [9.17, 15) is 0 Å². The normalized spacial score (nSPS) is 37.7. The average Bonchev–Trinajstić information content (AvgIpc) is 1.59. The lowest BCUT2D eigenvalue weighted by Gasteiger charge is -2.55. The second-order valence-corrected chi connectivity index (χ2v) is 3.50. The van der Waals surface area contributed by atoms with Gasteiger partial charge in [0, 0.05) is 5.41 Å². The van der Waals surface area contributed by atoms with Crippen LogP contribution in [0.1, 0.15) is 26.2 Å². The van der Waals surface area contributed by atoms with E-state index in [0.717, 1.165) is 19.1 Å². The Balaban J connectivity index is 1.97. The monoisotopic (exact) mass is 126 g/mol. The lowest BCUT2D eigenvalue weighted by atomic mass is 9.58. The van der Waals surface area contributed by atoms with Gasteiger partial charge in [0.1, 0.15) is 0 Å². The molecule has 0 aromatic rings. The Labute approximate surface area is 56.4 Å². The van der Waals surface area contributed by atoms with Gasteiger partial charge in [0.2, 0.25) is 0 Å². The van der Waals surface area contributed by atoms with Crippen LogP contribution in [-0.2, 0) is 4.74 Å². The minimum absolute atomic E-state index is 0.689. The molecular formula is C8H14O. The van der Waals surface area contributed by atoms with Gasteiger partial charge in [-0.2, -0.15) is 0 Å².